The van der Waals surface area contributed by atoms with Gasteiger partial charge in [0.2, 0.25) is 0 Å². The molecule has 5 nitrogen and oxygen atoms in total. The van der Waals surface area contributed by atoms with Gasteiger partial charge >= 0.3 is 0 Å². The molecule has 1 spiro atoms. The molecule has 28 heavy (non-hydrogen) atoms. The second-order valence-corrected chi connectivity index (χ2v) is 8.60. The summed E-state index contributed by atoms with van der Waals surface area (Å²) in [5, 5.41) is 0. The summed E-state index contributed by atoms with van der Waals surface area (Å²) >= 11 is 1.86. The fourth-order valence-electron chi connectivity index (χ4n) is 4.04. The van der Waals surface area contributed by atoms with Gasteiger partial charge < -0.3 is 14.5 Å². The number of piperidine rings is 1. The Kier molecular flexibility index (Phi) is 5.31. The Morgan fingerprint density at radius 3 is 2.36 bits per heavy atom. The smallest absolute Gasteiger partial charge is 0.254 e. The number of likely N-dealkylation sites (tertiary alicyclic amines) is 1. The minimum absolute atomic E-state index is 0.0256. The number of hydrogen-bond donors (Lipinski definition) is 0. The van der Waals surface area contributed by atoms with Crippen LogP contribution in [-0.2, 0) is 0 Å². The summed E-state index contributed by atoms with van der Waals surface area (Å²) in [6, 6.07) is 16.8. The molecule has 2 heterocycles. The monoisotopic (exact) mass is 396 g/mol. The molecule has 0 aromatic heterocycles. The van der Waals surface area contributed by atoms with E-state index < -0.39 is 0 Å². The van der Waals surface area contributed by atoms with E-state index in [1.165, 1.54) is 0 Å². The van der Waals surface area contributed by atoms with Gasteiger partial charge in [-0.2, -0.15) is 0 Å². The second kappa shape index (κ2) is 7.87. The van der Waals surface area contributed by atoms with Crippen molar-refractivity contribution >= 4 is 23.6 Å². The van der Waals surface area contributed by atoms with Crippen molar-refractivity contribution in [2.75, 3.05) is 32.5 Å². The van der Waals surface area contributed by atoms with E-state index in [2.05, 4.69) is 0 Å². The van der Waals surface area contributed by atoms with Crippen LogP contribution in [0, 0.1) is 0 Å². The minimum Gasteiger partial charge on any atom is -0.497 e. The third-order valence-corrected chi connectivity index (χ3v) is 7.14. The molecule has 2 aromatic rings. The molecule has 2 fully saturated rings. The van der Waals surface area contributed by atoms with Gasteiger partial charge in [0.05, 0.1) is 12.0 Å². The van der Waals surface area contributed by atoms with Gasteiger partial charge in [0.1, 0.15) is 5.75 Å². The van der Waals surface area contributed by atoms with Gasteiger partial charge in [0.15, 0.2) is 0 Å². The minimum atomic E-state index is -0.196. The predicted octanol–water partition coefficient (Wildman–Crippen LogP) is 3.52. The van der Waals surface area contributed by atoms with Gasteiger partial charge in [0.25, 0.3) is 11.8 Å². The molecule has 0 radical (unpaired) electrons. The summed E-state index contributed by atoms with van der Waals surface area (Å²) < 4.78 is 5.23. The molecule has 2 saturated heterocycles. The molecular weight excluding hydrogens is 372 g/mol. The maximum Gasteiger partial charge on any atom is 0.254 e. The molecule has 0 bridgehead atoms. The van der Waals surface area contributed by atoms with E-state index in [9.17, 15) is 9.59 Å². The van der Waals surface area contributed by atoms with Crippen molar-refractivity contribution in [2.45, 2.75) is 17.7 Å². The van der Waals surface area contributed by atoms with Crippen molar-refractivity contribution in [2.24, 2.45) is 0 Å². The van der Waals surface area contributed by atoms with Crippen molar-refractivity contribution in [1.29, 1.82) is 0 Å². The molecule has 0 aliphatic carbocycles. The van der Waals surface area contributed by atoms with E-state index in [0.29, 0.717) is 24.4 Å². The first-order valence-electron chi connectivity index (χ1n) is 9.57. The number of rotatable bonds is 3. The van der Waals surface area contributed by atoms with Crippen LogP contribution in [0.1, 0.15) is 33.6 Å². The van der Waals surface area contributed by atoms with Crippen LogP contribution in [0.3, 0.4) is 0 Å². The van der Waals surface area contributed by atoms with Crippen molar-refractivity contribution in [3.05, 3.63) is 65.7 Å². The second-order valence-electron chi connectivity index (χ2n) is 7.14. The lowest BCUT2D eigenvalue weighted by Gasteiger charge is -2.44. The number of carbonyl (C=O) groups is 2. The summed E-state index contributed by atoms with van der Waals surface area (Å²) in [5.41, 5.74) is 1.38. The fraction of sp³-hybridized carbons (Fsp3) is 0.364. The van der Waals surface area contributed by atoms with E-state index in [1.807, 2.05) is 70.1 Å². The molecule has 0 atom stereocenters. The standard InChI is InChI=1S/C22H24N2O3S/c1-27-19-9-5-8-18(16-19)20(25)23-12-10-22(11-13-23)24(14-15-28-22)21(26)17-6-3-2-4-7-17/h2-9,16H,10-15H2,1H3. The zero-order chi connectivity index (χ0) is 19.6. The quantitative estimate of drug-likeness (QED) is 0.797. The van der Waals surface area contributed by atoms with Gasteiger partial charge in [-0.15, -0.1) is 11.8 Å². The molecule has 4 rings (SSSR count). The Balaban J connectivity index is 1.46. The summed E-state index contributed by atoms with van der Waals surface area (Å²) in [5.74, 6) is 1.75. The Morgan fingerprint density at radius 2 is 1.64 bits per heavy atom. The van der Waals surface area contributed by atoms with Gasteiger partial charge in [-0.05, 0) is 43.2 Å². The molecule has 2 aromatic carbocycles. The first kappa shape index (κ1) is 18.9. The largest absolute Gasteiger partial charge is 0.497 e. The van der Waals surface area contributed by atoms with Crippen molar-refractivity contribution < 1.29 is 14.3 Å². The van der Waals surface area contributed by atoms with E-state index >= 15 is 0 Å². The number of methoxy groups -OCH3 is 1. The number of hydrogen-bond acceptors (Lipinski definition) is 4. The van der Waals surface area contributed by atoms with Crippen LogP contribution in [0.5, 0.6) is 5.75 Å². The molecular formula is C22H24N2O3S. The summed E-state index contributed by atoms with van der Waals surface area (Å²) in [7, 11) is 1.60. The normalized spacial score (nSPS) is 18.3. The van der Waals surface area contributed by atoms with Crippen LogP contribution >= 0.6 is 11.8 Å². The fourth-order valence-corrected chi connectivity index (χ4v) is 5.50. The first-order chi connectivity index (χ1) is 13.6. The number of thioether (sulfide) groups is 1. The third kappa shape index (κ3) is 3.49. The average Bonchev–Trinajstić information content (AvgIpc) is 3.16. The lowest BCUT2D eigenvalue weighted by atomic mass is 10.00. The molecule has 2 aliphatic rings. The van der Waals surface area contributed by atoms with E-state index in [1.54, 1.807) is 13.2 Å². The summed E-state index contributed by atoms with van der Waals surface area (Å²) in [4.78, 5) is 29.7. The van der Waals surface area contributed by atoms with Gasteiger partial charge in [0, 0.05) is 36.5 Å². The lowest BCUT2D eigenvalue weighted by molar-refractivity contribution is 0.0497. The highest BCUT2D eigenvalue weighted by Crippen LogP contribution is 2.44. The number of carbonyl (C=O) groups excluding carboxylic acids is 2. The van der Waals surface area contributed by atoms with Crippen LogP contribution in [-0.4, -0.2) is 59.0 Å². The van der Waals surface area contributed by atoms with Gasteiger partial charge in [-0.1, -0.05) is 24.3 Å². The van der Waals surface area contributed by atoms with Crippen LogP contribution in [0.4, 0.5) is 0 Å². The first-order valence-corrected chi connectivity index (χ1v) is 10.6. The summed E-state index contributed by atoms with van der Waals surface area (Å²) in [6.07, 6.45) is 1.60. The number of nitrogens with zero attached hydrogens (tertiary/aromatic N) is 2. The molecule has 146 valence electrons. The van der Waals surface area contributed by atoms with Crippen LogP contribution < -0.4 is 4.74 Å². The predicted molar refractivity (Wildman–Crippen MR) is 111 cm³/mol. The van der Waals surface area contributed by atoms with E-state index in [-0.39, 0.29) is 16.7 Å². The van der Waals surface area contributed by atoms with Crippen LogP contribution in [0.25, 0.3) is 0 Å². The van der Waals surface area contributed by atoms with Crippen molar-refractivity contribution in [3.63, 3.8) is 0 Å². The molecule has 0 N–H and O–H groups in total. The molecule has 2 aliphatic heterocycles. The summed E-state index contributed by atoms with van der Waals surface area (Å²) in [6.45, 7) is 2.07. The SMILES string of the molecule is COc1cccc(C(=O)N2CCC3(CC2)SCCN3C(=O)c2ccccc2)c1. The maximum absolute atomic E-state index is 13.0. The van der Waals surface area contributed by atoms with Crippen molar-refractivity contribution in [1.82, 2.24) is 9.80 Å². The highest BCUT2D eigenvalue weighted by Gasteiger charge is 2.47. The Hall–Kier alpha value is -2.47. The molecule has 0 saturated carbocycles. The zero-order valence-corrected chi connectivity index (χ0v) is 16.8. The highest BCUT2D eigenvalue weighted by atomic mass is 32.2. The van der Waals surface area contributed by atoms with Crippen LogP contribution in [0.2, 0.25) is 0 Å². The Morgan fingerprint density at radius 1 is 0.929 bits per heavy atom. The van der Waals surface area contributed by atoms with Crippen LogP contribution in [0.15, 0.2) is 54.6 Å². The number of amides is 2. The molecule has 0 unspecified atom stereocenters. The zero-order valence-electron chi connectivity index (χ0n) is 16.0. The molecule has 6 heteroatoms. The van der Waals surface area contributed by atoms with Gasteiger partial charge in [-0.3, -0.25) is 9.59 Å². The van der Waals surface area contributed by atoms with Crippen molar-refractivity contribution in [3.8, 4) is 5.75 Å². The number of benzene rings is 2. The third-order valence-electron chi connectivity index (χ3n) is 5.59. The van der Waals surface area contributed by atoms with Gasteiger partial charge in [-0.25, -0.2) is 0 Å². The number of ether oxygens (including phenoxy) is 1. The molecule has 2 amide bonds. The topological polar surface area (TPSA) is 49.9 Å². The maximum atomic E-state index is 13.0. The Labute approximate surface area is 169 Å². The van der Waals surface area contributed by atoms with E-state index in [4.69, 9.17) is 4.74 Å². The lowest BCUT2D eigenvalue weighted by Crippen LogP contribution is -2.53. The average molecular weight is 397 g/mol. The van der Waals surface area contributed by atoms with E-state index in [0.717, 1.165) is 30.7 Å². The Bertz CT molecular complexity index is 863. The highest BCUT2D eigenvalue weighted by molar-refractivity contribution is 8.00.